The van der Waals surface area contributed by atoms with Crippen LogP contribution < -0.4 is 9.47 Å². The highest BCUT2D eigenvalue weighted by molar-refractivity contribution is 5.92. The van der Waals surface area contributed by atoms with Crippen molar-refractivity contribution in [2.75, 3.05) is 0 Å². The third kappa shape index (κ3) is 6.19. The van der Waals surface area contributed by atoms with E-state index in [1.165, 1.54) is 0 Å². The van der Waals surface area contributed by atoms with E-state index in [0.29, 0.717) is 12.1 Å². The van der Waals surface area contributed by atoms with Gasteiger partial charge in [-0.15, -0.1) is 0 Å². The van der Waals surface area contributed by atoms with Crippen molar-refractivity contribution in [3.63, 3.8) is 0 Å². The third-order valence-corrected chi connectivity index (χ3v) is 4.80. The number of halogens is 4. The molecule has 4 nitrogen and oxygen atoms in total. The van der Waals surface area contributed by atoms with Crippen LogP contribution in [0.5, 0.6) is 11.5 Å². The zero-order valence-electron chi connectivity index (χ0n) is 17.7. The number of ether oxygens (including phenoxy) is 2. The molecule has 3 aromatic rings. The Morgan fingerprint density at radius 1 is 0.727 bits per heavy atom. The Morgan fingerprint density at radius 3 is 1.94 bits per heavy atom. The molecule has 0 aliphatic carbocycles. The Balaban J connectivity index is 1.65. The fourth-order valence-corrected chi connectivity index (χ4v) is 3.01. The number of benzene rings is 3. The highest BCUT2D eigenvalue weighted by Crippen LogP contribution is 2.23. The van der Waals surface area contributed by atoms with E-state index in [1.54, 1.807) is 12.1 Å². The van der Waals surface area contributed by atoms with Crippen LogP contribution in [-0.4, -0.2) is 11.9 Å². The number of esters is 2. The molecule has 3 aromatic carbocycles. The predicted molar refractivity (Wildman–Crippen MR) is 112 cm³/mol. The number of hydrogen-bond acceptors (Lipinski definition) is 4. The summed E-state index contributed by atoms with van der Waals surface area (Å²) in [4.78, 5) is 24.4. The molecular weight excluding hydrogens is 440 g/mol. The standard InChI is InChI=1S/C25H20F4O4/c1-2-3-4-5-15-6-8-16(9-7-15)24(30)33-22-11-10-17(12-19(22)26)25(31)32-18-13-20(27)23(29)21(28)14-18/h6-14H,2-5H2,1H3. The van der Waals surface area contributed by atoms with Gasteiger partial charge in [-0.25, -0.2) is 27.2 Å². The maximum absolute atomic E-state index is 14.4. The van der Waals surface area contributed by atoms with Crippen LogP contribution in [0, 0.1) is 23.3 Å². The molecule has 0 saturated heterocycles. The van der Waals surface area contributed by atoms with Crippen LogP contribution >= 0.6 is 0 Å². The lowest BCUT2D eigenvalue weighted by atomic mass is 10.1. The van der Waals surface area contributed by atoms with Crippen molar-refractivity contribution in [3.8, 4) is 11.5 Å². The summed E-state index contributed by atoms with van der Waals surface area (Å²) in [5, 5.41) is 0. The van der Waals surface area contributed by atoms with E-state index in [-0.39, 0.29) is 11.1 Å². The molecule has 0 amide bonds. The Labute approximate surface area is 187 Å². The minimum Gasteiger partial charge on any atom is -0.423 e. The first-order valence-electron chi connectivity index (χ1n) is 10.3. The molecule has 8 heteroatoms. The maximum atomic E-state index is 14.4. The molecule has 33 heavy (non-hydrogen) atoms. The van der Waals surface area contributed by atoms with Crippen LogP contribution in [-0.2, 0) is 6.42 Å². The second kappa shape index (κ2) is 10.8. The second-order valence-electron chi connectivity index (χ2n) is 7.28. The number of aryl methyl sites for hydroxylation is 1. The number of rotatable bonds is 8. The normalized spacial score (nSPS) is 10.7. The van der Waals surface area contributed by atoms with Gasteiger partial charge in [0.05, 0.1) is 11.1 Å². The number of hydrogen-bond donors (Lipinski definition) is 0. The van der Waals surface area contributed by atoms with Gasteiger partial charge in [-0.05, 0) is 48.7 Å². The number of carbonyl (C=O) groups excluding carboxylic acids is 2. The van der Waals surface area contributed by atoms with E-state index >= 15 is 0 Å². The van der Waals surface area contributed by atoms with Crippen molar-refractivity contribution in [1.29, 1.82) is 0 Å². The molecule has 0 bridgehead atoms. The van der Waals surface area contributed by atoms with Gasteiger partial charge in [0.2, 0.25) is 0 Å². The van der Waals surface area contributed by atoms with Crippen LogP contribution in [0.2, 0.25) is 0 Å². The molecule has 3 rings (SSSR count). The fraction of sp³-hybridized carbons (Fsp3) is 0.200. The van der Waals surface area contributed by atoms with Gasteiger partial charge in [-0.2, -0.15) is 0 Å². The van der Waals surface area contributed by atoms with Gasteiger partial charge in [0.25, 0.3) is 0 Å². The monoisotopic (exact) mass is 460 g/mol. The quantitative estimate of drug-likeness (QED) is 0.128. The van der Waals surface area contributed by atoms with Crippen LogP contribution in [0.1, 0.15) is 52.5 Å². The molecule has 0 heterocycles. The molecule has 0 atom stereocenters. The molecule has 0 N–H and O–H groups in total. The Morgan fingerprint density at radius 2 is 1.33 bits per heavy atom. The summed E-state index contributed by atoms with van der Waals surface area (Å²) < 4.78 is 63.7. The SMILES string of the molecule is CCCCCc1ccc(C(=O)Oc2ccc(C(=O)Oc3cc(F)c(F)c(F)c3)cc2F)cc1. The zero-order valence-corrected chi connectivity index (χ0v) is 17.7. The first-order chi connectivity index (χ1) is 15.8. The molecule has 0 aromatic heterocycles. The van der Waals surface area contributed by atoms with Gasteiger partial charge >= 0.3 is 11.9 Å². The summed E-state index contributed by atoms with van der Waals surface area (Å²) in [7, 11) is 0. The second-order valence-corrected chi connectivity index (χ2v) is 7.28. The summed E-state index contributed by atoms with van der Waals surface area (Å²) in [6.45, 7) is 2.11. The van der Waals surface area contributed by atoms with Gasteiger partial charge in [-0.1, -0.05) is 31.9 Å². The van der Waals surface area contributed by atoms with Gasteiger partial charge in [0, 0.05) is 12.1 Å². The largest absolute Gasteiger partial charge is 0.423 e. The number of carbonyl (C=O) groups is 2. The van der Waals surface area contributed by atoms with Crippen molar-refractivity contribution >= 4 is 11.9 Å². The highest BCUT2D eigenvalue weighted by atomic mass is 19.2. The molecule has 0 aliphatic rings. The molecule has 0 saturated carbocycles. The van der Waals surface area contributed by atoms with E-state index in [0.717, 1.165) is 49.4 Å². The zero-order chi connectivity index (χ0) is 24.0. The van der Waals surface area contributed by atoms with Gasteiger partial charge in [-0.3, -0.25) is 0 Å². The molecule has 0 spiro atoms. The summed E-state index contributed by atoms with van der Waals surface area (Å²) in [6.07, 6.45) is 4.16. The van der Waals surface area contributed by atoms with Crippen molar-refractivity contribution in [3.05, 3.63) is 94.6 Å². The van der Waals surface area contributed by atoms with Gasteiger partial charge in [0.15, 0.2) is 29.0 Å². The fourth-order valence-electron chi connectivity index (χ4n) is 3.01. The van der Waals surface area contributed by atoms with E-state index < -0.39 is 46.7 Å². The summed E-state index contributed by atoms with van der Waals surface area (Å²) in [5.41, 5.74) is 1.00. The molecule has 172 valence electrons. The molecule has 0 fully saturated rings. The van der Waals surface area contributed by atoms with Crippen molar-refractivity contribution in [2.24, 2.45) is 0 Å². The lowest BCUT2D eigenvalue weighted by Gasteiger charge is -2.09. The van der Waals surface area contributed by atoms with E-state index in [4.69, 9.17) is 9.47 Å². The van der Waals surface area contributed by atoms with Gasteiger partial charge < -0.3 is 9.47 Å². The topological polar surface area (TPSA) is 52.6 Å². The van der Waals surface area contributed by atoms with Crippen LogP contribution in [0.4, 0.5) is 17.6 Å². The molecule has 0 radical (unpaired) electrons. The molecule has 0 aliphatic heterocycles. The maximum Gasteiger partial charge on any atom is 0.343 e. The molecular formula is C25H20F4O4. The first-order valence-corrected chi connectivity index (χ1v) is 10.3. The van der Waals surface area contributed by atoms with Crippen molar-refractivity contribution in [2.45, 2.75) is 32.6 Å². The third-order valence-electron chi connectivity index (χ3n) is 4.80. The smallest absolute Gasteiger partial charge is 0.343 e. The average molecular weight is 460 g/mol. The van der Waals surface area contributed by atoms with E-state index in [1.807, 2.05) is 12.1 Å². The van der Waals surface area contributed by atoms with Crippen LogP contribution in [0.25, 0.3) is 0 Å². The first kappa shape index (κ1) is 24.0. The van der Waals surface area contributed by atoms with Crippen molar-refractivity contribution < 1.29 is 36.6 Å². The van der Waals surface area contributed by atoms with E-state index in [9.17, 15) is 27.2 Å². The molecule has 0 unspecified atom stereocenters. The average Bonchev–Trinajstić information content (AvgIpc) is 2.79. The van der Waals surface area contributed by atoms with E-state index in [2.05, 4.69) is 6.92 Å². The lowest BCUT2D eigenvalue weighted by molar-refractivity contribution is 0.0726. The van der Waals surface area contributed by atoms with Crippen LogP contribution in [0.3, 0.4) is 0 Å². The minimum absolute atomic E-state index is 0.234. The summed E-state index contributed by atoms with van der Waals surface area (Å²) >= 11 is 0. The number of unbranched alkanes of at least 4 members (excludes halogenated alkanes) is 2. The lowest BCUT2D eigenvalue weighted by Crippen LogP contribution is -2.12. The predicted octanol–water partition coefficient (Wildman–Crippen LogP) is 6.41. The summed E-state index contributed by atoms with van der Waals surface area (Å²) in [6, 6.07) is 10.7. The Kier molecular flexibility index (Phi) is 7.82. The Hall–Kier alpha value is -3.68. The van der Waals surface area contributed by atoms with Crippen LogP contribution in [0.15, 0.2) is 54.6 Å². The van der Waals surface area contributed by atoms with Gasteiger partial charge in [0.1, 0.15) is 5.75 Å². The summed E-state index contributed by atoms with van der Waals surface area (Å²) in [5.74, 6) is -8.74. The minimum atomic E-state index is -1.71. The highest BCUT2D eigenvalue weighted by Gasteiger charge is 2.18. The Bertz CT molecular complexity index is 1140. The van der Waals surface area contributed by atoms with Crippen molar-refractivity contribution in [1.82, 2.24) is 0 Å².